The first-order valence-corrected chi connectivity index (χ1v) is 7.03. The molecule has 0 aromatic heterocycles. The van der Waals surface area contributed by atoms with Crippen LogP contribution in [-0.2, 0) is 0 Å². The van der Waals surface area contributed by atoms with Crippen LogP contribution in [-0.4, -0.2) is 22.4 Å². The molecule has 2 heteroatoms. The number of rotatable bonds is 2. The highest BCUT2D eigenvalue weighted by atomic mass is 16.3. The van der Waals surface area contributed by atoms with Crippen molar-refractivity contribution >= 4 is 0 Å². The summed E-state index contributed by atoms with van der Waals surface area (Å²) in [6, 6.07) is 0. The van der Waals surface area contributed by atoms with Crippen LogP contribution in [0.1, 0.15) is 57.8 Å². The Bertz CT molecular complexity index is 270. The molecule has 0 radical (unpaired) electrons. The lowest BCUT2D eigenvalue weighted by Crippen LogP contribution is -2.55. The van der Waals surface area contributed by atoms with Gasteiger partial charge in [0.2, 0.25) is 0 Å². The molecule has 0 heterocycles. The average Bonchev–Trinajstić information content (AvgIpc) is 2.90. The first-order chi connectivity index (χ1) is 7.70. The molecule has 3 aliphatic rings. The van der Waals surface area contributed by atoms with Gasteiger partial charge in [-0.3, -0.25) is 0 Å². The van der Waals surface area contributed by atoms with Gasteiger partial charge in [0.25, 0.3) is 0 Å². The minimum atomic E-state index is -0.523. The van der Waals surface area contributed by atoms with Crippen molar-refractivity contribution in [2.24, 2.45) is 17.3 Å². The van der Waals surface area contributed by atoms with Gasteiger partial charge in [0.05, 0.1) is 12.2 Å². The summed E-state index contributed by atoms with van der Waals surface area (Å²) in [4.78, 5) is 0. The van der Waals surface area contributed by atoms with Crippen molar-refractivity contribution in [1.82, 2.24) is 0 Å². The quantitative estimate of drug-likeness (QED) is 0.756. The zero-order valence-electron chi connectivity index (χ0n) is 10.1. The van der Waals surface area contributed by atoms with Gasteiger partial charge >= 0.3 is 0 Å². The van der Waals surface area contributed by atoms with Crippen molar-refractivity contribution in [3.63, 3.8) is 0 Å². The van der Waals surface area contributed by atoms with Gasteiger partial charge in [0.1, 0.15) is 0 Å². The van der Waals surface area contributed by atoms with E-state index < -0.39 is 5.60 Å². The first kappa shape index (κ1) is 11.0. The third-order valence-corrected chi connectivity index (χ3v) is 5.85. The molecule has 0 spiro atoms. The Balaban J connectivity index is 1.88. The van der Waals surface area contributed by atoms with Gasteiger partial charge in [-0.25, -0.2) is 0 Å². The molecule has 0 saturated heterocycles. The smallest absolute Gasteiger partial charge is 0.0756 e. The van der Waals surface area contributed by atoms with Gasteiger partial charge in [-0.15, -0.1) is 0 Å². The third-order valence-electron chi connectivity index (χ3n) is 5.85. The van der Waals surface area contributed by atoms with Crippen LogP contribution in [0.3, 0.4) is 0 Å². The molecule has 3 atom stereocenters. The molecule has 16 heavy (non-hydrogen) atoms. The summed E-state index contributed by atoms with van der Waals surface area (Å²) in [6.07, 6.45) is 10.5. The molecule has 3 unspecified atom stereocenters. The first-order valence-electron chi connectivity index (χ1n) is 7.03. The molecule has 2 nitrogen and oxygen atoms in total. The lowest BCUT2D eigenvalue weighted by molar-refractivity contribution is -0.157. The molecule has 2 bridgehead atoms. The van der Waals surface area contributed by atoms with Gasteiger partial charge < -0.3 is 10.2 Å². The van der Waals surface area contributed by atoms with E-state index in [-0.39, 0.29) is 12.0 Å². The molecule has 3 saturated carbocycles. The highest BCUT2D eigenvalue weighted by Crippen LogP contribution is 2.60. The van der Waals surface area contributed by atoms with Crippen LogP contribution < -0.4 is 0 Å². The highest BCUT2D eigenvalue weighted by Gasteiger charge is 2.60. The summed E-state index contributed by atoms with van der Waals surface area (Å²) in [5.41, 5.74) is -0.670. The van der Waals surface area contributed by atoms with E-state index in [4.69, 9.17) is 0 Å². The minimum Gasteiger partial charge on any atom is -0.396 e. The molecular formula is C14H24O2. The highest BCUT2D eigenvalue weighted by molar-refractivity contribution is 5.11. The summed E-state index contributed by atoms with van der Waals surface area (Å²) >= 11 is 0. The Morgan fingerprint density at radius 3 is 2.31 bits per heavy atom. The van der Waals surface area contributed by atoms with Crippen molar-refractivity contribution in [2.75, 3.05) is 6.61 Å². The van der Waals surface area contributed by atoms with Crippen LogP contribution >= 0.6 is 0 Å². The number of aliphatic hydroxyl groups excluding tert-OH is 1. The fraction of sp³-hybridized carbons (Fsp3) is 1.00. The molecule has 0 aliphatic heterocycles. The fourth-order valence-electron chi connectivity index (χ4n) is 4.91. The van der Waals surface area contributed by atoms with Crippen molar-refractivity contribution in [1.29, 1.82) is 0 Å². The van der Waals surface area contributed by atoms with E-state index in [9.17, 15) is 10.2 Å². The largest absolute Gasteiger partial charge is 0.396 e. The second-order valence-electron chi connectivity index (χ2n) is 6.50. The van der Waals surface area contributed by atoms with Crippen LogP contribution in [0.2, 0.25) is 0 Å². The lowest BCUT2D eigenvalue weighted by atomic mass is 9.58. The predicted octanol–water partition coefficient (Wildman–Crippen LogP) is 2.48. The molecule has 0 aromatic carbocycles. The van der Waals surface area contributed by atoms with Crippen LogP contribution in [0.5, 0.6) is 0 Å². The van der Waals surface area contributed by atoms with E-state index in [1.165, 1.54) is 38.5 Å². The van der Waals surface area contributed by atoms with Crippen LogP contribution in [0.25, 0.3) is 0 Å². The van der Waals surface area contributed by atoms with E-state index in [1.54, 1.807) is 0 Å². The van der Waals surface area contributed by atoms with E-state index >= 15 is 0 Å². The maximum absolute atomic E-state index is 11.1. The second kappa shape index (κ2) is 3.71. The molecule has 3 rings (SSSR count). The Kier molecular flexibility index (Phi) is 2.56. The zero-order valence-corrected chi connectivity index (χ0v) is 10.1. The third kappa shape index (κ3) is 1.32. The van der Waals surface area contributed by atoms with E-state index in [0.29, 0.717) is 5.92 Å². The summed E-state index contributed by atoms with van der Waals surface area (Å²) < 4.78 is 0. The lowest BCUT2D eigenvalue weighted by Gasteiger charge is -2.51. The van der Waals surface area contributed by atoms with Gasteiger partial charge in [-0.1, -0.05) is 19.3 Å². The molecular weight excluding hydrogens is 200 g/mol. The molecule has 3 fully saturated rings. The van der Waals surface area contributed by atoms with E-state index in [0.717, 1.165) is 25.2 Å². The number of hydrogen-bond acceptors (Lipinski definition) is 2. The Morgan fingerprint density at radius 1 is 1.06 bits per heavy atom. The summed E-state index contributed by atoms with van der Waals surface area (Å²) in [5, 5.41) is 20.9. The average molecular weight is 224 g/mol. The van der Waals surface area contributed by atoms with Gasteiger partial charge in [0, 0.05) is 5.41 Å². The van der Waals surface area contributed by atoms with Crippen molar-refractivity contribution in [2.45, 2.75) is 63.4 Å². The van der Waals surface area contributed by atoms with Gasteiger partial charge in [-0.05, 0) is 50.4 Å². The summed E-state index contributed by atoms with van der Waals surface area (Å²) in [6.45, 7) is 0.201. The zero-order chi connectivity index (χ0) is 11.2. The maximum atomic E-state index is 11.1. The van der Waals surface area contributed by atoms with Crippen molar-refractivity contribution < 1.29 is 10.2 Å². The SMILES string of the molecule is OCC1(C2(O)CC3CCC2C3)CCCCC1. The number of hydrogen-bond donors (Lipinski definition) is 2. The van der Waals surface area contributed by atoms with Crippen molar-refractivity contribution in [3.8, 4) is 0 Å². The molecule has 0 aromatic rings. The Morgan fingerprint density at radius 2 is 1.81 bits per heavy atom. The molecule has 3 aliphatic carbocycles. The standard InChI is InChI=1S/C14H24O2/c15-10-13(6-2-1-3-7-13)14(16)9-11-4-5-12(14)8-11/h11-12,15-16H,1-10H2. The maximum Gasteiger partial charge on any atom is 0.0756 e. The van der Waals surface area contributed by atoms with E-state index in [1.807, 2.05) is 0 Å². The molecule has 92 valence electrons. The summed E-state index contributed by atoms with van der Waals surface area (Å²) in [7, 11) is 0. The Hall–Kier alpha value is -0.0800. The Labute approximate surface area is 98.1 Å². The van der Waals surface area contributed by atoms with Crippen LogP contribution in [0, 0.1) is 17.3 Å². The van der Waals surface area contributed by atoms with Crippen LogP contribution in [0.15, 0.2) is 0 Å². The molecule has 2 N–H and O–H groups in total. The minimum absolute atomic E-state index is 0.148. The number of aliphatic hydroxyl groups is 2. The number of fused-ring (bicyclic) bond motifs is 2. The molecule has 0 amide bonds. The fourth-order valence-corrected chi connectivity index (χ4v) is 4.91. The van der Waals surface area contributed by atoms with Crippen LogP contribution in [0.4, 0.5) is 0 Å². The summed E-state index contributed by atoms with van der Waals surface area (Å²) in [5.74, 6) is 1.24. The van der Waals surface area contributed by atoms with E-state index in [2.05, 4.69) is 0 Å². The van der Waals surface area contributed by atoms with Gasteiger partial charge in [0.15, 0.2) is 0 Å². The topological polar surface area (TPSA) is 40.5 Å². The second-order valence-corrected chi connectivity index (χ2v) is 6.50. The normalized spacial score (nSPS) is 46.1. The van der Waals surface area contributed by atoms with Crippen molar-refractivity contribution in [3.05, 3.63) is 0 Å². The predicted molar refractivity (Wildman–Crippen MR) is 63.0 cm³/mol. The monoisotopic (exact) mass is 224 g/mol. The van der Waals surface area contributed by atoms with Gasteiger partial charge in [-0.2, -0.15) is 0 Å².